The number of aliphatic carboxylic acids is 1. The molecule has 3 atom stereocenters. The molecule has 0 fully saturated rings. The summed E-state index contributed by atoms with van der Waals surface area (Å²) < 4.78 is 0. The Kier molecular flexibility index (Phi) is 15.4. The van der Waals surface area contributed by atoms with E-state index in [9.17, 15) is 29.1 Å². The molecule has 13 heteroatoms. The third-order valence-corrected chi connectivity index (χ3v) is 4.66. The highest BCUT2D eigenvalue weighted by Gasteiger charge is 2.29. The van der Waals surface area contributed by atoms with Crippen LogP contribution in [0, 0.1) is 0 Å². The maximum atomic E-state index is 12.8. The highest BCUT2D eigenvalue weighted by Crippen LogP contribution is 2.07. The summed E-state index contributed by atoms with van der Waals surface area (Å²) in [5.74, 6) is -3.87. The zero-order valence-corrected chi connectivity index (χ0v) is 18.3. The average molecular weight is 460 g/mol. The highest BCUT2D eigenvalue weighted by atomic mass is 16.4. The van der Waals surface area contributed by atoms with E-state index >= 15 is 0 Å². The Balaban J connectivity index is 5.34. The van der Waals surface area contributed by atoms with E-state index in [0.717, 1.165) is 0 Å². The van der Waals surface area contributed by atoms with Gasteiger partial charge in [0.25, 0.3) is 0 Å². The first-order valence-corrected chi connectivity index (χ1v) is 10.7. The lowest BCUT2D eigenvalue weighted by Crippen LogP contribution is -2.56. The largest absolute Gasteiger partial charge is 0.480 e. The number of hydrogen-bond acceptors (Lipinski definition) is 8. The fraction of sp³-hybridized carbons (Fsp3) is 0.737. The summed E-state index contributed by atoms with van der Waals surface area (Å²) in [7, 11) is 0. The van der Waals surface area contributed by atoms with Gasteiger partial charge < -0.3 is 44.0 Å². The third-order valence-electron chi connectivity index (χ3n) is 4.66. The van der Waals surface area contributed by atoms with E-state index in [1.165, 1.54) is 0 Å². The molecule has 0 spiro atoms. The van der Waals surface area contributed by atoms with Gasteiger partial charge in [0.2, 0.25) is 23.6 Å². The average Bonchev–Trinajstić information content (AvgIpc) is 2.74. The first kappa shape index (κ1) is 29.2. The van der Waals surface area contributed by atoms with Crippen molar-refractivity contribution in [3.8, 4) is 0 Å². The molecule has 0 aliphatic carbocycles. The van der Waals surface area contributed by atoms with Crippen LogP contribution in [0.5, 0.6) is 0 Å². The predicted molar refractivity (Wildman–Crippen MR) is 117 cm³/mol. The fourth-order valence-electron chi connectivity index (χ4n) is 2.87. The number of hydrogen-bond donors (Lipinski definition) is 8. The Morgan fingerprint density at radius 1 is 0.688 bits per heavy atom. The number of carboxylic acids is 1. The van der Waals surface area contributed by atoms with Gasteiger partial charge in [-0.3, -0.25) is 19.2 Å². The van der Waals surface area contributed by atoms with E-state index in [1.54, 1.807) is 0 Å². The smallest absolute Gasteiger partial charge is 0.326 e. The molecule has 4 amide bonds. The van der Waals surface area contributed by atoms with E-state index in [1.807, 2.05) is 0 Å². The zero-order valence-electron chi connectivity index (χ0n) is 18.3. The lowest BCUT2D eigenvalue weighted by atomic mass is 10.0. The van der Waals surface area contributed by atoms with Gasteiger partial charge in [-0.25, -0.2) is 4.79 Å². The number of primary amides is 1. The first-order chi connectivity index (χ1) is 15.2. The molecule has 0 bridgehead atoms. The molecule has 0 rings (SSSR count). The number of amides is 4. The molecule has 184 valence electrons. The Hall–Kier alpha value is -2.77. The van der Waals surface area contributed by atoms with Crippen molar-refractivity contribution >= 4 is 29.6 Å². The van der Waals surface area contributed by atoms with Crippen molar-refractivity contribution in [3.63, 3.8) is 0 Å². The van der Waals surface area contributed by atoms with Crippen molar-refractivity contribution in [1.82, 2.24) is 16.0 Å². The molecule has 0 radical (unpaired) electrons. The van der Waals surface area contributed by atoms with Crippen molar-refractivity contribution in [2.75, 3.05) is 19.6 Å². The number of carboxylic acid groups (broad SMARTS) is 1. The molecule has 3 unspecified atom stereocenters. The Bertz CT molecular complexity index is 631. The van der Waals surface area contributed by atoms with Gasteiger partial charge in [-0.05, 0) is 58.0 Å². The summed E-state index contributed by atoms with van der Waals surface area (Å²) in [6.07, 6.45) is 2.36. The summed E-state index contributed by atoms with van der Waals surface area (Å²) in [5, 5.41) is 16.7. The molecule has 0 heterocycles. The summed E-state index contributed by atoms with van der Waals surface area (Å²) >= 11 is 0. The molecule has 0 aromatic carbocycles. The van der Waals surface area contributed by atoms with Gasteiger partial charge in [-0.1, -0.05) is 0 Å². The molecule has 12 N–H and O–H groups in total. The second-order valence-electron chi connectivity index (χ2n) is 7.36. The van der Waals surface area contributed by atoms with Crippen molar-refractivity contribution < 1.29 is 29.1 Å². The lowest BCUT2D eigenvalue weighted by Gasteiger charge is -2.24. The van der Waals surface area contributed by atoms with E-state index in [4.69, 9.17) is 22.9 Å². The molecule has 0 saturated heterocycles. The van der Waals surface area contributed by atoms with Crippen LogP contribution >= 0.6 is 0 Å². The van der Waals surface area contributed by atoms with E-state index < -0.39 is 47.7 Å². The second-order valence-corrected chi connectivity index (χ2v) is 7.36. The zero-order chi connectivity index (χ0) is 24.5. The minimum Gasteiger partial charge on any atom is -0.480 e. The van der Waals surface area contributed by atoms with Gasteiger partial charge in [0.15, 0.2) is 0 Å². The van der Waals surface area contributed by atoms with Crippen LogP contribution in [0.4, 0.5) is 0 Å². The predicted octanol–water partition coefficient (Wildman–Crippen LogP) is -2.99. The number of carbonyl (C=O) groups excluding carboxylic acids is 4. The number of nitrogens with one attached hydrogen (secondary N) is 3. The molecule has 0 aliphatic rings. The minimum atomic E-state index is -1.20. The molecule has 32 heavy (non-hydrogen) atoms. The van der Waals surface area contributed by atoms with Crippen molar-refractivity contribution in [2.24, 2.45) is 22.9 Å². The molecule has 0 aromatic heterocycles. The van der Waals surface area contributed by atoms with Crippen molar-refractivity contribution in [3.05, 3.63) is 0 Å². The van der Waals surface area contributed by atoms with Gasteiger partial charge in [-0.15, -0.1) is 0 Å². The van der Waals surface area contributed by atoms with Gasteiger partial charge in [0.1, 0.15) is 18.1 Å². The number of unbranched alkanes of at least 4 members (excludes halogenated alkanes) is 2. The van der Waals surface area contributed by atoms with E-state index in [0.29, 0.717) is 38.8 Å². The molecule has 0 saturated carbocycles. The Labute approximate surface area is 187 Å². The Morgan fingerprint density at radius 2 is 1.16 bits per heavy atom. The van der Waals surface area contributed by atoms with Crippen molar-refractivity contribution in [2.45, 2.75) is 69.5 Å². The van der Waals surface area contributed by atoms with Crippen LogP contribution in [0.1, 0.15) is 51.4 Å². The van der Waals surface area contributed by atoms with Crippen LogP contribution in [0.25, 0.3) is 0 Å². The standard InChI is InChI=1S/C19H37N7O6/c20-9-3-1-5-12(17(29)26-14(19(31)32)6-2-4-10-21)25-18(30)13(7-8-15(23)27)24-16(28)11-22/h12-14H,1-11,20-22H2,(H2,23,27)(H,24,28)(H,25,30)(H,26,29)(H,31,32). The maximum Gasteiger partial charge on any atom is 0.326 e. The molecule has 0 aromatic rings. The van der Waals surface area contributed by atoms with Crippen LogP contribution in [-0.2, 0) is 24.0 Å². The third kappa shape index (κ3) is 12.8. The van der Waals surface area contributed by atoms with Gasteiger partial charge in [-0.2, -0.15) is 0 Å². The monoisotopic (exact) mass is 459 g/mol. The van der Waals surface area contributed by atoms with E-state index in [-0.39, 0.29) is 32.2 Å². The first-order valence-electron chi connectivity index (χ1n) is 10.7. The molecular weight excluding hydrogens is 422 g/mol. The molecular formula is C19H37N7O6. The highest BCUT2D eigenvalue weighted by molar-refractivity contribution is 5.93. The van der Waals surface area contributed by atoms with Crippen LogP contribution in [-0.4, -0.2) is 72.5 Å². The summed E-state index contributed by atoms with van der Waals surface area (Å²) in [4.78, 5) is 59.7. The number of rotatable bonds is 18. The number of nitrogens with two attached hydrogens (primary N) is 4. The Morgan fingerprint density at radius 3 is 1.59 bits per heavy atom. The van der Waals surface area contributed by atoms with Gasteiger partial charge in [0, 0.05) is 6.42 Å². The SMILES string of the molecule is NCCCCC(NC(=O)C(CCCCN)NC(=O)C(CCC(N)=O)NC(=O)CN)C(=O)O. The number of carbonyl (C=O) groups is 5. The van der Waals surface area contributed by atoms with Crippen LogP contribution in [0.3, 0.4) is 0 Å². The normalized spacial score (nSPS) is 13.5. The van der Waals surface area contributed by atoms with Gasteiger partial charge >= 0.3 is 5.97 Å². The van der Waals surface area contributed by atoms with Crippen LogP contribution in [0.15, 0.2) is 0 Å². The van der Waals surface area contributed by atoms with Crippen LogP contribution < -0.4 is 38.9 Å². The molecule has 13 nitrogen and oxygen atoms in total. The molecule has 0 aliphatic heterocycles. The van der Waals surface area contributed by atoms with Gasteiger partial charge in [0.05, 0.1) is 6.54 Å². The fourth-order valence-corrected chi connectivity index (χ4v) is 2.87. The van der Waals surface area contributed by atoms with Crippen molar-refractivity contribution in [1.29, 1.82) is 0 Å². The summed E-state index contributed by atoms with van der Waals surface area (Å²) in [5.41, 5.74) is 21.3. The summed E-state index contributed by atoms with van der Waals surface area (Å²) in [6.45, 7) is 0.413. The quantitative estimate of drug-likeness (QED) is 0.0972. The second kappa shape index (κ2) is 16.9. The topological polar surface area (TPSA) is 246 Å². The lowest BCUT2D eigenvalue weighted by molar-refractivity contribution is -0.142. The van der Waals surface area contributed by atoms with Crippen LogP contribution in [0.2, 0.25) is 0 Å². The maximum absolute atomic E-state index is 12.8. The van der Waals surface area contributed by atoms with E-state index in [2.05, 4.69) is 16.0 Å². The minimum absolute atomic E-state index is 0.0825. The summed E-state index contributed by atoms with van der Waals surface area (Å²) in [6, 6.07) is -3.33.